The average molecular weight is 477 g/mol. The second-order valence-electron chi connectivity index (χ2n) is 9.78. The molecule has 1 N–H and O–H groups in total. The Balaban J connectivity index is 1.77. The molecule has 8 heteroatoms. The third kappa shape index (κ3) is 5.32. The molecule has 0 radical (unpaired) electrons. The number of aryl methyl sites for hydroxylation is 1. The zero-order chi connectivity index (χ0) is 25.2. The molecule has 7 nitrogen and oxygen atoms in total. The summed E-state index contributed by atoms with van der Waals surface area (Å²) in [4.78, 5) is 18.3. The van der Waals surface area contributed by atoms with Crippen LogP contribution >= 0.6 is 0 Å². The fourth-order valence-corrected chi connectivity index (χ4v) is 4.38. The van der Waals surface area contributed by atoms with Crippen molar-refractivity contribution in [2.45, 2.75) is 72.1 Å². The first-order valence-corrected chi connectivity index (χ1v) is 12.1. The third-order valence-electron chi connectivity index (χ3n) is 6.81. The van der Waals surface area contributed by atoms with Crippen LogP contribution in [0.25, 0.3) is 10.9 Å². The van der Waals surface area contributed by atoms with Gasteiger partial charge in [-0.05, 0) is 84.8 Å². The number of pyridine rings is 1. The van der Waals surface area contributed by atoms with Crippen LogP contribution in [-0.4, -0.2) is 30.1 Å². The molecular formula is C27H33FN6O. The molecule has 0 fully saturated rings. The number of H-pyrrole nitrogens is 1. The summed E-state index contributed by atoms with van der Waals surface area (Å²) >= 11 is 0. The minimum absolute atomic E-state index is 0.115. The predicted octanol–water partition coefficient (Wildman–Crippen LogP) is 5.26. The van der Waals surface area contributed by atoms with Gasteiger partial charge in [0.05, 0.1) is 11.6 Å². The fraction of sp³-hybridized carbons (Fsp3) is 0.407. The van der Waals surface area contributed by atoms with Crippen LogP contribution in [-0.2, 0) is 18.6 Å². The van der Waals surface area contributed by atoms with Gasteiger partial charge in [0.15, 0.2) is 5.82 Å². The Kier molecular flexibility index (Phi) is 7.12. The maximum absolute atomic E-state index is 13.6. The molecule has 2 aromatic heterocycles. The molecule has 4 rings (SSSR count). The summed E-state index contributed by atoms with van der Waals surface area (Å²) in [7, 11) is 0. The van der Waals surface area contributed by atoms with Gasteiger partial charge in [0.1, 0.15) is 5.82 Å². The first kappa shape index (κ1) is 24.7. The number of fused-ring (bicyclic) bond motifs is 1. The van der Waals surface area contributed by atoms with Crippen LogP contribution in [0.1, 0.15) is 69.1 Å². The molecule has 2 aromatic carbocycles. The number of nitrogens with one attached hydrogen (secondary N) is 1. The molecular weight excluding hydrogens is 443 g/mol. The van der Waals surface area contributed by atoms with Crippen molar-refractivity contribution in [3.63, 3.8) is 0 Å². The average Bonchev–Trinajstić information content (AvgIpc) is 3.32. The van der Waals surface area contributed by atoms with Crippen LogP contribution in [0.3, 0.4) is 0 Å². The number of halogens is 1. The molecule has 2 heterocycles. The highest BCUT2D eigenvalue weighted by Gasteiger charge is 2.31. The Labute approximate surface area is 205 Å². The second kappa shape index (κ2) is 10.1. The van der Waals surface area contributed by atoms with Gasteiger partial charge in [0.2, 0.25) is 0 Å². The zero-order valence-corrected chi connectivity index (χ0v) is 21.0. The minimum Gasteiger partial charge on any atom is -0.322 e. The molecule has 0 aliphatic carbocycles. The standard InChI is InChI=1S/C27H33FN6O/c1-6-24(25-30-31-32-34(25)27(4,5)7-2)33(16-19-9-12-22(28)13-10-19)17-21-15-20-11-8-18(3)14-23(20)29-26(21)35/h8-15,24H,6-7,16-17H2,1-5H3,(H,29,35)/t24-/m0/s1. The second-order valence-corrected chi connectivity index (χ2v) is 9.78. The van der Waals surface area contributed by atoms with E-state index in [1.54, 1.807) is 12.1 Å². The quantitative estimate of drug-likeness (QED) is 0.356. The van der Waals surface area contributed by atoms with Crippen molar-refractivity contribution in [1.82, 2.24) is 30.1 Å². The lowest BCUT2D eigenvalue weighted by atomic mass is 10.0. The topological polar surface area (TPSA) is 79.7 Å². The van der Waals surface area contributed by atoms with E-state index in [2.05, 4.69) is 53.1 Å². The van der Waals surface area contributed by atoms with E-state index in [1.807, 2.05) is 35.9 Å². The maximum Gasteiger partial charge on any atom is 0.252 e. The van der Waals surface area contributed by atoms with E-state index in [0.29, 0.717) is 18.7 Å². The molecule has 0 bridgehead atoms. The lowest BCUT2D eigenvalue weighted by molar-refractivity contribution is 0.150. The van der Waals surface area contributed by atoms with Crippen LogP contribution in [0.15, 0.2) is 53.3 Å². The Morgan fingerprint density at radius 2 is 1.83 bits per heavy atom. The molecule has 184 valence electrons. The number of aromatic nitrogens is 5. The van der Waals surface area contributed by atoms with E-state index in [0.717, 1.165) is 40.7 Å². The maximum atomic E-state index is 13.6. The Hall–Kier alpha value is -3.39. The van der Waals surface area contributed by atoms with Crippen LogP contribution in [0.5, 0.6) is 0 Å². The van der Waals surface area contributed by atoms with Crippen molar-refractivity contribution >= 4 is 10.9 Å². The SMILES string of the molecule is CC[C@@H](c1nnnn1C(C)(C)CC)N(Cc1ccc(F)cc1)Cc1cc2ccc(C)cc2[nH]c1=O. The van der Waals surface area contributed by atoms with Crippen molar-refractivity contribution in [3.8, 4) is 0 Å². The van der Waals surface area contributed by atoms with Gasteiger partial charge in [-0.2, -0.15) is 0 Å². The molecule has 0 aliphatic heterocycles. The van der Waals surface area contributed by atoms with E-state index in [9.17, 15) is 9.18 Å². The van der Waals surface area contributed by atoms with Gasteiger partial charge in [-0.15, -0.1) is 5.10 Å². The van der Waals surface area contributed by atoms with E-state index >= 15 is 0 Å². The van der Waals surface area contributed by atoms with Crippen molar-refractivity contribution in [2.24, 2.45) is 0 Å². The fourth-order valence-electron chi connectivity index (χ4n) is 4.38. The van der Waals surface area contributed by atoms with Crippen molar-refractivity contribution in [1.29, 1.82) is 0 Å². The number of hydrogen-bond donors (Lipinski definition) is 1. The summed E-state index contributed by atoms with van der Waals surface area (Å²) in [6.45, 7) is 11.3. The van der Waals surface area contributed by atoms with E-state index < -0.39 is 0 Å². The lowest BCUT2D eigenvalue weighted by Crippen LogP contribution is -2.36. The van der Waals surface area contributed by atoms with Crippen molar-refractivity contribution in [3.05, 3.63) is 87.2 Å². The van der Waals surface area contributed by atoms with E-state index in [1.165, 1.54) is 12.1 Å². The van der Waals surface area contributed by atoms with E-state index in [-0.39, 0.29) is 23.0 Å². The monoisotopic (exact) mass is 476 g/mol. The summed E-state index contributed by atoms with van der Waals surface area (Å²) in [6.07, 6.45) is 1.61. The summed E-state index contributed by atoms with van der Waals surface area (Å²) in [5.74, 6) is 0.483. The molecule has 0 aliphatic rings. The number of tetrazole rings is 1. The highest BCUT2D eigenvalue weighted by molar-refractivity contribution is 5.79. The molecule has 0 spiro atoms. The molecule has 0 saturated heterocycles. The van der Waals surface area contributed by atoms with Gasteiger partial charge in [-0.3, -0.25) is 9.69 Å². The number of aromatic amines is 1. The number of hydrogen-bond acceptors (Lipinski definition) is 5. The summed E-state index contributed by atoms with van der Waals surface area (Å²) < 4.78 is 15.5. The number of nitrogens with zero attached hydrogens (tertiary/aromatic N) is 5. The van der Waals surface area contributed by atoms with Crippen LogP contribution in [0, 0.1) is 12.7 Å². The van der Waals surface area contributed by atoms with Gasteiger partial charge >= 0.3 is 0 Å². The molecule has 0 unspecified atom stereocenters. The highest BCUT2D eigenvalue weighted by Crippen LogP contribution is 2.30. The number of rotatable bonds is 9. The first-order valence-electron chi connectivity index (χ1n) is 12.1. The lowest BCUT2D eigenvalue weighted by Gasteiger charge is -2.33. The largest absolute Gasteiger partial charge is 0.322 e. The van der Waals surface area contributed by atoms with Gasteiger partial charge in [-0.1, -0.05) is 38.1 Å². The van der Waals surface area contributed by atoms with Gasteiger partial charge in [0.25, 0.3) is 5.56 Å². The Morgan fingerprint density at radius 3 is 2.51 bits per heavy atom. The number of benzene rings is 2. The van der Waals surface area contributed by atoms with Crippen LogP contribution in [0.4, 0.5) is 4.39 Å². The molecule has 35 heavy (non-hydrogen) atoms. The van der Waals surface area contributed by atoms with Crippen LogP contribution < -0.4 is 5.56 Å². The van der Waals surface area contributed by atoms with Crippen molar-refractivity contribution in [2.75, 3.05) is 0 Å². The smallest absolute Gasteiger partial charge is 0.252 e. The molecule has 0 amide bonds. The molecule has 4 aromatic rings. The van der Waals surface area contributed by atoms with Crippen LogP contribution in [0.2, 0.25) is 0 Å². The summed E-state index contributed by atoms with van der Waals surface area (Å²) in [5, 5.41) is 13.7. The molecule has 0 saturated carbocycles. The predicted molar refractivity (Wildman–Crippen MR) is 135 cm³/mol. The molecule has 1 atom stereocenters. The van der Waals surface area contributed by atoms with E-state index in [4.69, 9.17) is 0 Å². The Bertz CT molecular complexity index is 1360. The summed E-state index contributed by atoms with van der Waals surface area (Å²) in [6, 6.07) is 14.3. The highest BCUT2D eigenvalue weighted by atomic mass is 19.1. The zero-order valence-electron chi connectivity index (χ0n) is 21.0. The Morgan fingerprint density at radius 1 is 1.09 bits per heavy atom. The van der Waals surface area contributed by atoms with Gasteiger partial charge < -0.3 is 4.98 Å². The first-order chi connectivity index (χ1) is 16.7. The third-order valence-corrected chi connectivity index (χ3v) is 6.81. The van der Waals surface area contributed by atoms with Gasteiger partial charge in [0, 0.05) is 24.2 Å². The normalized spacial score (nSPS) is 13.0. The van der Waals surface area contributed by atoms with Crippen molar-refractivity contribution < 1.29 is 4.39 Å². The minimum atomic E-state index is -0.276. The van der Waals surface area contributed by atoms with Gasteiger partial charge in [-0.25, -0.2) is 9.07 Å². The summed E-state index contributed by atoms with van der Waals surface area (Å²) in [5.41, 5.74) is 3.16.